The molecule has 1 heterocycles. The lowest BCUT2D eigenvalue weighted by Crippen LogP contribution is -2.01. The molecular formula is C16H20N2O2S. The van der Waals surface area contributed by atoms with Gasteiger partial charge in [0.1, 0.15) is 10.5 Å². The minimum Gasteiger partial charge on any atom is -0.493 e. The van der Waals surface area contributed by atoms with E-state index in [4.69, 9.17) is 21.7 Å². The average molecular weight is 304 g/mol. The van der Waals surface area contributed by atoms with Gasteiger partial charge in [0.2, 0.25) is 0 Å². The maximum Gasteiger partial charge on any atom is 0.161 e. The van der Waals surface area contributed by atoms with Crippen molar-refractivity contribution >= 4 is 12.2 Å². The number of methoxy groups -OCH3 is 2. The number of aryl methyl sites for hydroxylation is 1. The van der Waals surface area contributed by atoms with Crippen molar-refractivity contribution in [3.05, 3.63) is 46.0 Å². The van der Waals surface area contributed by atoms with Gasteiger partial charge in [0.15, 0.2) is 11.5 Å². The van der Waals surface area contributed by atoms with Crippen molar-refractivity contribution in [3.63, 3.8) is 0 Å². The Bertz CT molecular complexity index is 668. The molecule has 0 bridgehead atoms. The van der Waals surface area contributed by atoms with Crippen LogP contribution in [0.25, 0.3) is 0 Å². The molecule has 1 aromatic carbocycles. The second-order valence-electron chi connectivity index (χ2n) is 4.81. The largest absolute Gasteiger partial charge is 0.493 e. The van der Waals surface area contributed by atoms with Gasteiger partial charge in [-0.25, -0.2) is 4.98 Å². The molecule has 21 heavy (non-hydrogen) atoms. The smallest absolute Gasteiger partial charge is 0.161 e. The van der Waals surface area contributed by atoms with E-state index in [0.29, 0.717) is 11.1 Å². The van der Waals surface area contributed by atoms with Crippen molar-refractivity contribution in [1.29, 1.82) is 0 Å². The summed E-state index contributed by atoms with van der Waals surface area (Å²) in [5, 5.41) is 0. The summed E-state index contributed by atoms with van der Waals surface area (Å²) in [6.45, 7) is 2.14. The minimum atomic E-state index is 0.632. The topological polar surface area (TPSA) is 47.1 Å². The van der Waals surface area contributed by atoms with Crippen LogP contribution >= 0.6 is 12.2 Å². The number of aromatic amines is 1. The maximum atomic E-state index is 5.32. The zero-order chi connectivity index (χ0) is 15.2. The Hall–Kier alpha value is -1.88. The van der Waals surface area contributed by atoms with E-state index in [1.165, 1.54) is 0 Å². The summed E-state index contributed by atoms with van der Waals surface area (Å²) in [5.41, 5.74) is 2.23. The van der Waals surface area contributed by atoms with E-state index < -0.39 is 0 Å². The van der Waals surface area contributed by atoms with Gasteiger partial charge in [-0.1, -0.05) is 31.6 Å². The number of nitrogens with zero attached hydrogens (tertiary/aromatic N) is 1. The number of nitrogens with one attached hydrogen (secondary N) is 1. The molecule has 0 radical (unpaired) electrons. The average Bonchev–Trinajstić information content (AvgIpc) is 2.46. The van der Waals surface area contributed by atoms with E-state index >= 15 is 0 Å². The van der Waals surface area contributed by atoms with Crippen LogP contribution in [-0.2, 0) is 12.8 Å². The van der Waals surface area contributed by atoms with Gasteiger partial charge >= 0.3 is 0 Å². The Labute approximate surface area is 130 Å². The van der Waals surface area contributed by atoms with Crippen molar-refractivity contribution in [2.75, 3.05) is 14.2 Å². The summed E-state index contributed by atoms with van der Waals surface area (Å²) >= 11 is 5.23. The highest BCUT2D eigenvalue weighted by atomic mass is 32.1. The van der Waals surface area contributed by atoms with Crippen molar-refractivity contribution in [2.24, 2.45) is 0 Å². The first-order valence-electron chi connectivity index (χ1n) is 6.96. The van der Waals surface area contributed by atoms with Crippen LogP contribution < -0.4 is 9.47 Å². The Balaban J connectivity index is 2.27. The summed E-state index contributed by atoms with van der Waals surface area (Å²) < 4.78 is 11.2. The molecule has 4 nitrogen and oxygen atoms in total. The molecule has 0 saturated heterocycles. The molecule has 1 aromatic heterocycles. The lowest BCUT2D eigenvalue weighted by Gasteiger charge is -2.10. The van der Waals surface area contributed by atoms with Gasteiger partial charge in [0.05, 0.1) is 14.2 Å². The molecule has 0 aliphatic heterocycles. The van der Waals surface area contributed by atoms with Crippen LogP contribution in [0.2, 0.25) is 0 Å². The molecule has 0 aliphatic rings. The van der Waals surface area contributed by atoms with Crippen molar-refractivity contribution in [1.82, 2.24) is 9.97 Å². The van der Waals surface area contributed by atoms with Crippen molar-refractivity contribution in [3.8, 4) is 11.5 Å². The first-order valence-corrected chi connectivity index (χ1v) is 7.37. The standard InChI is InChI=1S/C16H20N2O2S/c1-4-5-12-10-16(21)18-15(17-12)9-11-6-7-13(19-2)14(8-11)20-3/h6-8,10H,4-5,9H2,1-3H3,(H,17,18,21). The fraction of sp³-hybridized carbons (Fsp3) is 0.375. The third-order valence-electron chi connectivity index (χ3n) is 3.19. The molecule has 0 atom stereocenters. The van der Waals surface area contributed by atoms with Crippen LogP contribution in [0.5, 0.6) is 11.5 Å². The second kappa shape index (κ2) is 7.22. The van der Waals surface area contributed by atoms with Crippen LogP contribution in [0.15, 0.2) is 24.3 Å². The number of H-pyrrole nitrogens is 1. The highest BCUT2D eigenvalue weighted by Crippen LogP contribution is 2.28. The number of aromatic nitrogens is 2. The van der Waals surface area contributed by atoms with Gasteiger partial charge in [-0.15, -0.1) is 0 Å². The molecular weight excluding hydrogens is 284 g/mol. The number of hydrogen-bond donors (Lipinski definition) is 1. The lowest BCUT2D eigenvalue weighted by atomic mass is 10.1. The summed E-state index contributed by atoms with van der Waals surface area (Å²) in [4.78, 5) is 7.75. The Morgan fingerprint density at radius 2 is 1.90 bits per heavy atom. The molecule has 0 unspecified atom stereocenters. The van der Waals surface area contributed by atoms with Gasteiger partial charge in [-0.3, -0.25) is 0 Å². The number of ether oxygens (including phenoxy) is 2. The molecule has 0 amide bonds. The van der Waals surface area contributed by atoms with Crippen molar-refractivity contribution in [2.45, 2.75) is 26.2 Å². The van der Waals surface area contributed by atoms with E-state index in [2.05, 4.69) is 16.9 Å². The van der Waals surface area contributed by atoms with E-state index in [0.717, 1.165) is 41.4 Å². The molecule has 1 N–H and O–H groups in total. The number of rotatable bonds is 6. The summed E-state index contributed by atoms with van der Waals surface area (Å²) in [6, 6.07) is 7.80. The fourth-order valence-corrected chi connectivity index (χ4v) is 2.49. The van der Waals surface area contributed by atoms with Gasteiger partial charge in [0, 0.05) is 12.1 Å². The SMILES string of the molecule is CCCc1cc(=S)nc(Cc2ccc(OC)c(OC)c2)[nH]1. The second-order valence-corrected chi connectivity index (χ2v) is 5.23. The van der Waals surface area contributed by atoms with E-state index in [-0.39, 0.29) is 0 Å². The predicted molar refractivity (Wildman–Crippen MR) is 85.8 cm³/mol. The Kier molecular flexibility index (Phi) is 5.33. The predicted octanol–water partition coefficient (Wildman–Crippen LogP) is 3.70. The molecule has 2 rings (SSSR count). The molecule has 0 fully saturated rings. The third-order valence-corrected chi connectivity index (χ3v) is 3.40. The monoisotopic (exact) mass is 304 g/mol. The van der Waals surface area contributed by atoms with Gasteiger partial charge in [0.25, 0.3) is 0 Å². The first-order chi connectivity index (χ1) is 10.2. The van der Waals surface area contributed by atoms with Crippen LogP contribution in [0.3, 0.4) is 0 Å². The van der Waals surface area contributed by atoms with E-state index in [1.807, 2.05) is 24.3 Å². The zero-order valence-corrected chi connectivity index (χ0v) is 13.4. The van der Waals surface area contributed by atoms with Gasteiger partial charge in [-0.05, 0) is 30.2 Å². The van der Waals surface area contributed by atoms with Gasteiger partial charge in [-0.2, -0.15) is 0 Å². The molecule has 5 heteroatoms. The summed E-state index contributed by atoms with van der Waals surface area (Å²) in [6.07, 6.45) is 2.73. The fourth-order valence-electron chi connectivity index (χ4n) is 2.24. The molecule has 0 spiro atoms. The van der Waals surface area contributed by atoms with Crippen LogP contribution in [0, 0.1) is 4.64 Å². The number of hydrogen-bond acceptors (Lipinski definition) is 4. The quantitative estimate of drug-likeness (QED) is 0.827. The highest BCUT2D eigenvalue weighted by molar-refractivity contribution is 7.71. The molecule has 0 saturated carbocycles. The third kappa shape index (κ3) is 4.04. The highest BCUT2D eigenvalue weighted by Gasteiger charge is 2.07. The van der Waals surface area contributed by atoms with Crippen molar-refractivity contribution < 1.29 is 9.47 Å². The lowest BCUT2D eigenvalue weighted by molar-refractivity contribution is 0.354. The van der Waals surface area contributed by atoms with Gasteiger partial charge < -0.3 is 14.5 Å². The van der Waals surface area contributed by atoms with E-state index in [1.54, 1.807) is 14.2 Å². The summed E-state index contributed by atoms with van der Waals surface area (Å²) in [5.74, 6) is 2.32. The maximum absolute atomic E-state index is 5.32. The minimum absolute atomic E-state index is 0.632. The number of benzene rings is 1. The molecule has 2 aromatic rings. The zero-order valence-electron chi connectivity index (χ0n) is 12.6. The molecule has 112 valence electrons. The van der Waals surface area contributed by atoms with Crippen LogP contribution in [0.4, 0.5) is 0 Å². The normalized spacial score (nSPS) is 10.4. The Morgan fingerprint density at radius 1 is 1.14 bits per heavy atom. The molecule has 0 aliphatic carbocycles. The first kappa shape index (κ1) is 15.5. The van der Waals surface area contributed by atoms with Crippen LogP contribution in [-0.4, -0.2) is 24.2 Å². The van der Waals surface area contributed by atoms with Crippen LogP contribution in [0.1, 0.15) is 30.4 Å². The summed E-state index contributed by atoms with van der Waals surface area (Å²) in [7, 11) is 3.26. The Morgan fingerprint density at radius 3 is 2.57 bits per heavy atom. The van der Waals surface area contributed by atoms with E-state index in [9.17, 15) is 0 Å².